The first-order valence-electron chi connectivity index (χ1n) is 4.41. The Kier molecular flexibility index (Phi) is 3.61. The fraction of sp³-hybridized carbons (Fsp3) is 0.455. The molecule has 0 radical (unpaired) electrons. The molecule has 0 aromatic heterocycles. The van der Waals surface area contributed by atoms with Gasteiger partial charge in [0.2, 0.25) is 0 Å². The van der Waals surface area contributed by atoms with E-state index in [0.29, 0.717) is 11.8 Å². The molecule has 13 heavy (non-hydrogen) atoms. The topological polar surface area (TPSA) is 9.23 Å². The Labute approximate surface area is 84.7 Å². The number of hydrogen-bond acceptors (Lipinski definition) is 1. The van der Waals surface area contributed by atoms with Crippen molar-refractivity contribution < 1.29 is 4.74 Å². The average molecular weight is 199 g/mol. The van der Waals surface area contributed by atoms with Gasteiger partial charge in [0, 0.05) is 5.88 Å². The number of benzene rings is 1. The van der Waals surface area contributed by atoms with Crippen molar-refractivity contribution in [1.82, 2.24) is 0 Å². The van der Waals surface area contributed by atoms with E-state index in [1.807, 2.05) is 12.1 Å². The third kappa shape index (κ3) is 2.38. The standard InChI is InChI=1S/C11H15ClO/c1-8(2)10-5-4-9(7-12)6-11(10)13-3/h4-6,8H,7H2,1-3H3. The monoisotopic (exact) mass is 198 g/mol. The highest BCUT2D eigenvalue weighted by Crippen LogP contribution is 2.27. The molecule has 0 amide bonds. The zero-order valence-electron chi connectivity index (χ0n) is 8.30. The molecular formula is C11H15ClO. The van der Waals surface area contributed by atoms with Gasteiger partial charge in [0.1, 0.15) is 5.75 Å². The van der Waals surface area contributed by atoms with Crippen LogP contribution in [0.15, 0.2) is 18.2 Å². The number of ether oxygens (including phenoxy) is 1. The van der Waals surface area contributed by atoms with Gasteiger partial charge in [-0.1, -0.05) is 26.0 Å². The first-order chi connectivity index (χ1) is 6.19. The van der Waals surface area contributed by atoms with Crippen molar-refractivity contribution in [3.63, 3.8) is 0 Å². The minimum atomic E-state index is 0.485. The maximum atomic E-state index is 5.73. The Balaban J connectivity index is 3.08. The summed E-state index contributed by atoms with van der Waals surface area (Å²) in [6.45, 7) is 4.30. The fourth-order valence-electron chi connectivity index (χ4n) is 1.32. The van der Waals surface area contributed by atoms with E-state index in [-0.39, 0.29) is 0 Å². The van der Waals surface area contributed by atoms with Crippen molar-refractivity contribution in [2.75, 3.05) is 7.11 Å². The van der Waals surface area contributed by atoms with Crippen LogP contribution in [0.1, 0.15) is 30.9 Å². The van der Waals surface area contributed by atoms with E-state index in [1.54, 1.807) is 7.11 Å². The van der Waals surface area contributed by atoms with Gasteiger partial charge in [-0.25, -0.2) is 0 Å². The number of methoxy groups -OCH3 is 1. The normalized spacial score (nSPS) is 10.5. The van der Waals surface area contributed by atoms with Crippen LogP contribution in [0.2, 0.25) is 0 Å². The Morgan fingerprint density at radius 3 is 2.54 bits per heavy atom. The molecule has 0 saturated heterocycles. The van der Waals surface area contributed by atoms with Crippen molar-refractivity contribution in [3.05, 3.63) is 29.3 Å². The summed E-state index contributed by atoms with van der Waals surface area (Å²) in [6.07, 6.45) is 0. The summed E-state index contributed by atoms with van der Waals surface area (Å²) in [5.74, 6) is 1.96. The Morgan fingerprint density at radius 1 is 1.38 bits per heavy atom. The molecule has 72 valence electrons. The van der Waals surface area contributed by atoms with E-state index >= 15 is 0 Å². The summed E-state index contributed by atoms with van der Waals surface area (Å²) >= 11 is 5.73. The molecule has 1 nitrogen and oxygen atoms in total. The predicted molar refractivity (Wildman–Crippen MR) is 56.6 cm³/mol. The zero-order chi connectivity index (χ0) is 9.84. The summed E-state index contributed by atoms with van der Waals surface area (Å²) in [6, 6.07) is 6.13. The summed E-state index contributed by atoms with van der Waals surface area (Å²) < 4.78 is 5.29. The summed E-state index contributed by atoms with van der Waals surface area (Å²) in [4.78, 5) is 0. The van der Waals surface area contributed by atoms with Crippen LogP contribution >= 0.6 is 11.6 Å². The van der Waals surface area contributed by atoms with E-state index in [9.17, 15) is 0 Å². The van der Waals surface area contributed by atoms with Crippen LogP contribution in [0, 0.1) is 0 Å². The molecular weight excluding hydrogens is 184 g/mol. The molecule has 0 atom stereocenters. The smallest absolute Gasteiger partial charge is 0.122 e. The molecule has 0 unspecified atom stereocenters. The Morgan fingerprint density at radius 2 is 2.08 bits per heavy atom. The van der Waals surface area contributed by atoms with Crippen molar-refractivity contribution in [3.8, 4) is 5.75 Å². The fourth-order valence-corrected chi connectivity index (χ4v) is 1.48. The quantitative estimate of drug-likeness (QED) is 0.675. The molecule has 0 spiro atoms. The van der Waals surface area contributed by atoms with Crippen molar-refractivity contribution in [1.29, 1.82) is 0 Å². The highest BCUT2D eigenvalue weighted by Gasteiger charge is 2.07. The third-order valence-corrected chi connectivity index (χ3v) is 2.38. The van der Waals surface area contributed by atoms with Gasteiger partial charge in [0.05, 0.1) is 7.11 Å². The second-order valence-corrected chi connectivity index (χ2v) is 3.63. The molecule has 0 saturated carbocycles. The minimum Gasteiger partial charge on any atom is -0.496 e. The highest BCUT2D eigenvalue weighted by atomic mass is 35.5. The minimum absolute atomic E-state index is 0.485. The lowest BCUT2D eigenvalue weighted by atomic mass is 10.0. The van der Waals surface area contributed by atoms with Crippen molar-refractivity contribution in [2.45, 2.75) is 25.6 Å². The van der Waals surface area contributed by atoms with Crippen LogP contribution in [-0.2, 0) is 5.88 Å². The summed E-state index contributed by atoms with van der Waals surface area (Å²) in [5, 5.41) is 0. The van der Waals surface area contributed by atoms with Crippen LogP contribution in [0.3, 0.4) is 0 Å². The Hall–Kier alpha value is -0.690. The average Bonchev–Trinajstić information content (AvgIpc) is 2.16. The van der Waals surface area contributed by atoms with Gasteiger partial charge < -0.3 is 4.74 Å². The molecule has 0 heterocycles. The molecule has 0 aliphatic carbocycles. The number of hydrogen-bond donors (Lipinski definition) is 0. The lowest BCUT2D eigenvalue weighted by Gasteiger charge is -2.12. The molecule has 0 aliphatic rings. The lowest BCUT2D eigenvalue weighted by molar-refractivity contribution is 0.407. The van der Waals surface area contributed by atoms with Crippen LogP contribution in [0.4, 0.5) is 0 Å². The zero-order valence-corrected chi connectivity index (χ0v) is 9.06. The van der Waals surface area contributed by atoms with Gasteiger partial charge in [-0.3, -0.25) is 0 Å². The molecule has 0 aliphatic heterocycles. The van der Waals surface area contributed by atoms with Crippen LogP contribution in [-0.4, -0.2) is 7.11 Å². The van der Waals surface area contributed by atoms with Crippen LogP contribution in [0.25, 0.3) is 0 Å². The van der Waals surface area contributed by atoms with Crippen LogP contribution < -0.4 is 4.74 Å². The summed E-state index contributed by atoms with van der Waals surface area (Å²) in [7, 11) is 1.69. The SMILES string of the molecule is COc1cc(CCl)ccc1C(C)C. The third-order valence-electron chi connectivity index (χ3n) is 2.07. The molecule has 0 fully saturated rings. The maximum Gasteiger partial charge on any atom is 0.122 e. The maximum absolute atomic E-state index is 5.73. The van der Waals surface area contributed by atoms with Gasteiger partial charge in [0.25, 0.3) is 0 Å². The predicted octanol–water partition coefficient (Wildman–Crippen LogP) is 3.56. The molecule has 0 N–H and O–H groups in total. The van der Waals surface area contributed by atoms with E-state index in [1.165, 1.54) is 5.56 Å². The lowest BCUT2D eigenvalue weighted by Crippen LogP contribution is -1.95. The Bertz CT molecular complexity index is 281. The van der Waals surface area contributed by atoms with E-state index < -0.39 is 0 Å². The van der Waals surface area contributed by atoms with Crippen LogP contribution in [0.5, 0.6) is 5.75 Å². The van der Waals surface area contributed by atoms with E-state index in [2.05, 4.69) is 19.9 Å². The number of rotatable bonds is 3. The number of halogens is 1. The van der Waals surface area contributed by atoms with Gasteiger partial charge in [-0.15, -0.1) is 11.6 Å². The summed E-state index contributed by atoms with van der Waals surface area (Å²) in [5.41, 5.74) is 2.33. The first-order valence-corrected chi connectivity index (χ1v) is 4.95. The molecule has 2 heteroatoms. The molecule has 1 aromatic carbocycles. The van der Waals surface area contributed by atoms with Gasteiger partial charge in [-0.2, -0.15) is 0 Å². The molecule has 1 rings (SSSR count). The van der Waals surface area contributed by atoms with Gasteiger partial charge in [-0.05, 0) is 23.1 Å². The molecule has 1 aromatic rings. The highest BCUT2D eigenvalue weighted by molar-refractivity contribution is 6.17. The second kappa shape index (κ2) is 4.52. The van der Waals surface area contributed by atoms with Crippen molar-refractivity contribution in [2.24, 2.45) is 0 Å². The van der Waals surface area contributed by atoms with Gasteiger partial charge >= 0.3 is 0 Å². The van der Waals surface area contributed by atoms with Crippen molar-refractivity contribution >= 4 is 11.6 Å². The largest absolute Gasteiger partial charge is 0.496 e. The first kappa shape index (κ1) is 10.4. The molecule has 0 bridgehead atoms. The van der Waals surface area contributed by atoms with E-state index in [0.717, 1.165) is 11.3 Å². The van der Waals surface area contributed by atoms with Gasteiger partial charge in [0.15, 0.2) is 0 Å². The second-order valence-electron chi connectivity index (χ2n) is 3.36. The number of alkyl halides is 1. The van der Waals surface area contributed by atoms with E-state index in [4.69, 9.17) is 16.3 Å².